The number of nitrogens with one attached hydrogen (secondary N) is 3. The first-order valence-corrected chi connectivity index (χ1v) is 10.7. The molecular formula is C20H26N4O5S. The van der Waals surface area contributed by atoms with Gasteiger partial charge in [0.15, 0.2) is 0 Å². The molecule has 0 fully saturated rings. The zero-order chi connectivity index (χ0) is 21.8. The van der Waals surface area contributed by atoms with E-state index < -0.39 is 30.1 Å². The largest absolute Gasteiger partial charge is 0.467 e. The van der Waals surface area contributed by atoms with Gasteiger partial charge in [-0.1, -0.05) is 30.3 Å². The predicted octanol–water partition coefficient (Wildman–Crippen LogP) is 1.66. The Kier molecular flexibility index (Phi) is 9.72. The average molecular weight is 435 g/mol. The third kappa shape index (κ3) is 7.78. The molecule has 9 nitrogen and oxygen atoms in total. The molecule has 1 aromatic heterocycles. The van der Waals surface area contributed by atoms with Gasteiger partial charge in [0.1, 0.15) is 18.7 Å². The summed E-state index contributed by atoms with van der Waals surface area (Å²) in [4.78, 5) is 43.9. The lowest BCUT2D eigenvalue weighted by Crippen LogP contribution is -2.52. The molecule has 2 aromatic rings. The molecule has 1 heterocycles. The van der Waals surface area contributed by atoms with Crippen molar-refractivity contribution in [2.45, 2.75) is 31.5 Å². The number of imidazole rings is 1. The molecule has 0 spiro atoms. The van der Waals surface area contributed by atoms with Gasteiger partial charge in [0.05, 0.1) is 13.4 Å². The fourth-order valence-corrected chi connectivity index (χ4v) is 3.11. The van der Waals surface area contributed by atoms with Gasteiger partial charge in [-0.2, -0.15) is 11.8 Å². The molecule has 2 atom stereocenters. The van der Waals surface area contributed by atoms with Crippen LogP contribution >= 0.6 is 11.8 Å². The Bertz CT molecular complexity index is 801. The summed E-state index contributed by atoms with van der Waals surface area (Å²) in [6.45, 7) is 0.0914. The van der Waals surface area contributed by atoms with E-state index >= 15 is 0 Å². The molecule has 2 amide bonds. The summed E-state index contributed by atoms with van der Waals surface area (Å²) in [5, 5.41) is 5.24. The van der Waals surface area contributed by atoms with Crippen molar-refractivity contribution >= 4 is 29.7 Å². The fourth-order valence-electron chi connectivity index (χ4n) is 2.64. The Morgan fingerprint density at radius 1 is 1.17 bits per heavy atom. The number of hydrogen-bond acceptors (Lipinski definition) is 7. The van der Waals surface area contributed by atoms with Crippen molar-refractivity contribution in [1.82, 2.24) is 20.6 Å². The summed E-state index contributed by atoms with van der Waals surface area (Å²) in [5.41, 5.74) is 1.50. The third-order valence-corrected chi connectivity index (χ3v) is 4.86. The molecule has 0 bridgehead atoms. The summed E-state index contributed by atoms with van der Waals surface area (Å²) >= 11 is 1.54. The van der Waals surface area contributed by atoms with E-state index in [4.69, 9.17) is 9.47 Å². The van der Waals surface area contributed by atoms with Crippen molar-refractivity contribution in [2.24, 2.45) is 0 Å². The topological polar surface area (TPSA) is 122 Å². The van der Waals surface area contributed by atoms with Gasteiger partial charge in [0.2, 0.25) is 5.91 Å². The van der Waals surface area contributed by atoms with E-state index in [9.17, 15) is 14.4 Å². The SMILES string of the molecule is COC(=O)[C@H](Cc1cnc[nH]1)NC(=O)[C@@H](CCSC)NC(=O)OCc1ccccc1. The minimum atomic E-state index is -0.915. The Morgan fingerprint density at radius 3 is 2.57 bits per heavy atom. The second-order valence-corrected chi connectivity index (χ2v) is 7.39. The van der Waals surface area contributed by atoms with Crippen molar-refractivity contribution in [3.63, 3.8) is 0 Å². The van der Waals surface area contributed by atoms with E-state index in [0.717, 1.165) is 5.56 Å². The van der Waals surface area contributed by atoms with Crippen LogP contribution in [0.4, 0.5) is 4.79 Å². The number of H-pyrrole nitrogens is 1. The molecule has 0 aliphatic heterocycles. The van der Waals surface area contributed by atoms with Crippen LogP contribution in [0.3, 0.4) is 0 Å². The van der Waals surface area contributed by atoms with Crippen molar-refractivity contribution in [3.8, 4) is 0 Å². The van der Waals surface area contributed by atoms with Gasteiger partial charge in [-0.3, -0.25) is 4.79 Å². The van der Waals surface area contributed by atoms with Gasteiger partial charge < -0.3 is 25.1 Å². The summed E-state index contributed by atoms with van der Waals surface area (Å²) in [6, 6.07) is 7.46. The van der Waals surface area contributed by atoms with E-state index in [1.165, 1.54) is 13.4 Å². The second-order valence-electron chi connectivity index (χ2n) is 6.41. The number of ether oxygens (including phenoxy) is 2. The minimum Gasteiger partial charge on any atom is -0.467 e. The number of thioether (sulfide) groups is 1. The van der Waals surface area contributed by atoms with Crippen LogP contribution < -0.4 is 10.6 Å². The highest BCUT2D eigenvalue weighted by Crippen LogP contribution is 2.06. The maximum absolute atomic E-state index is 12.8. The zero-order valence-electron chi connectivity index (χ0n) is 16.9. The van der Waals surface area contributed by atoms with E-state index in [2.05, 4.69) is 20.6 Å². The molecule has 3 N–H and O–H groups in total. The highest BCUT2D eigenvalue weighted by atomic mass is 32.2. The van der Waals surface area contributed by atoms with Crippen LogP contribution in [0.2, 0.25) is 0 Å². The van der Waals surface area contributed by atoms with Gasteiger partial charge in [-0.05, 0) is 24.0 Å². The number of aromatic nitrogens is 2. The number of methoxy groups -OCH3 is 1. The number of carbonyl (C=O) groups is 3. The van der Waals surface area contributed by atoms with Crippen LogP contribution in [-0.4, -0.2) is 59.1 Å². The fraction of sp³-hybridized carbons (Fsp3) is 0.400. The normalized spacial score (nSPS) is 12.5. The number of alkyl carbamates (subject to hydrolysis) is 1. The Balaban J connectivity index is 1.97. The van der Waals surface area contributed by atoms with Crippen molar-refractivity contribution in [3.05, 3.63) is 54.1 Å². The maximum Gasteiger partial charge on any atom is 0.408 e. The summed E-state index contributed by atoms with van der Waals surface area (Å²) in [5.74, 6) is -0.440. The lowest BCUT2D eigenvalue weighted by atomic mass is 10.1. The monoisotopic (exact) mass is 434 g/mol. The summed E-state index contributed by atoms with van der Waals surface area (Å²) < 4.78 is 9.99. The number of aromatic amines is 1. The first-order chi connectivity index (χ1) is 14.5. The summed E-state index contributed by atoms with van der Waals surface area (Å²) in [6.07, 6.45) is 4.81. The average Bonchev–Trinajstić information content (AvgIpc) is 3.28. The molecule has 30 heavy (non-hydrogen) atoms. The smallest absolute Gasteiger partial charge is 0.408 e. The highest BCUT2D eigenvalue weighted by molar-refractivity contribution is 7.98. The molecule has 0 saturated heterocycles. The maximum atomic E-state index is 12.8. The third-order valence-electron chi connectivity index (χ3n) is 4.21. The van der Waals surface area contributed by atoms with Gasteiger partial charge >= 0.3 is 12.1 Å². The van der Waals surface area contributed by atoms with Crippen LogP contribution in [-0.2, 0) is 32.1 Å². The van der Waals surface area contributed by atoms with E-state index in [1.54, 1.807) is 18.0 Å². The van der Waals surface area contributed by atoms with Crippen molar-refractivity contribution in [1.29, 1.82) is 0 Å². The Labute approximate surface area is 179 Å². The molecular weight excluding hydrogens is 408 g/mol. The first kappa shape index (κ1) is 23.3. The lowest BCUT2D eigenvalue weighted by molar-refractivity contribution is -0.145. The van der Waals surface area contributed by atoms with Gasteiger partial charge in [-0.15, -0.1) is 0 Å². The molecule has 0 saturated carbocycles. The lowest BCUT2D eigenvalue weighted by Gasteiger charge is -2.21. The number of amides is 2. The summed E-state index contributed by atoms with van der Waals surface area (Å²) in [7, 11) is 1.25. The van der Waals surface area contributed by atoms with Gasteiger partial charge in [0.25, 0.3) is 0 Å². The van der Waals surface area contributed by atoms with E-state index in [-0.39, 0.29) is 13.0 Å². The number of hydrogen-bond donors (Lipinski definition) is 3. The van der Waals surface area contributed by atoms with E-state index in [1.807, 2.05) is 36.6 Å². The number of carbonyl (C=O) groups excluding carboxylic acids is 3. The van der Waals surface area contributed by atoms with Crippen molar-refractivity contribution < 1.29 is 23.9 Å². The standard InChI is InChI=1S/C20H26N4O5S/c1-28-19(26)17(10-15-11-21-13-22-15)23-18(25)16(8-9-30-2)24-20(27)29-12-14-6-4-3-5-7-14/h3-7,11,13,16-17H,8-10,12H2,1-2H3,(H,21,22)(H,23,25)(H,24,27)/t16-,17+/m1/s1. The van der Waals surface area contributed by atoms with Crippen LogP contribution in [0.25, 0.3) is 0 Å². The molecule has 0 radical (unpaired) electrons. The highest BCUT2D eigenvalue weighted by Gasteiger charge is 2.28. The Morgan fingerprint density at radius 2 is 1.93 bits per heavy atom. The minimum absolute atomic E-state index is 0.0914. The molecule has 0 unspecified atom stereocenters. The number of benzene rings is 1. The van der Waals surface area contributed by atoms with Crippen LogP contribution in [0.15, 0.2) is 42.9 Å². The molecule has 162 valence electrons. The molecule has 2 rings (SSSR count). The number of rotatable bonds is 11. The zero-order valence-corrected chi connectivity index (χ0v) is 17.7. The molecule has 10 heteroatoms. The van der Waals surface area contributed by atoms with E-state index in [0.29, 0.717) is 17.9 Å². The molecule has 0 aliphatic rings. The van der Waals surface area contributed by atoms with Crippen molar-refractivity contribution in [2.75, 3.05) is 19.1 Å². The number of nitrogens with zero attached hydrogens (tertiary/aromatic N) is 1. The quantitative estimate of drug-likeness (QED) is 0.460. The number of esters is 1. The first-order valence-electron chi connectivity index (χ1n) is 9.35. The second kappa shape index (κ2) is 12.5. The molecule has 1 aromatic carbocycles. The van der Waals surface area contributed by atoms with Gasteiger partial charge in [0, 0.05) is 18.3 Å². The predicted molar refractivity (Wildman–Crippen MR) is 113 cm³/mol. The van der Waals surface area contributed by atoms with Gasteiger partial charge in [-0.25, -0.2) is 14.6 Å². The Hall–Kier alpha value is -3.01. The van der Waals surface area contributed by atoms with Crippen LogP contribution in [0.5, 0.6) is 0 Å². The molecule has 0 aliphatic carbocycles. The van der Waals surface area contributed by atoms with Crippen LogP contribution in [0, 0.1) is 0 Å². The van der Waals surface area contributed by atoms with Crippen LogP contribution in [0.1, 0.15) is 17.7 Å².